The summed E-state index contributed by atoms with van der Waals surface area (Å²) in [6.45, 7) is 9.16. The molecule has 0 aliphatic carbocycles. The number of fused-ring (bicyclic) bond motifs is 1. The van der Waals surface area contributed by atoms with Gasteiger partial charge in [-0.3, -0.25) is 4.79 Å². The van der Waals surface area contributed by atoms with E-state index < -0.39 is 0 Å². The number of aryl methyl sites for hydroxylation is 2. The smallest absolute Gasteiger partial charge is 0.254 e. The molecule has 2 aliphatic rings. The maximum absolute atomic E-state index is 13.7. The minimum Gasteiger partial charge on any atom is -0.496 e. The fourth-order valence-electron chi connectivity index (χ4n) is 5.85. The number of methoxy groups -OCH3 is 1. The van der Waals surface area contributed by atoms with Crippen LogP contribution in [-0.2, 0) is 13.0 Å². The Kier molecular flexibility index (Phi) is 7.02. The van der Waals surface area contributed by atoms with Crippen LogP contribution in [0.3, 0.4) is 0 Å². The van der Waals surface area contributed by atoms with E-state index >= 15 is 0 Å². The van der Waals surface area contributed by atoms with E-state index in [0.29, 0.717) is 30.4 Å². The lowest BCUT2D eigenvalue weighted by Gasteiger charge is -2.38. The molecular formula is C32H35N5O3. The van der Waals surface area contributed by atoms with Gasteiger partial charge in [-0.15, -0.1) is 0 Å². The number of aromatic nitrogens is 2. The van der Waals surface area contributed by atoms with Crippen molar-refractivity contribution >= 4 is 11.6 Å². The van der Waals surface area contributed by atoms with Gasteiger partial charge in [-0.1, -0.05) is 29.4 Å². The van der Waals surface area contributed by atoms with Crippen molar-refractivity contribution in [3.05, 3.63) is 82.7 Å². The maximum Gasteiger partial charge on any atom is 0.254 e. The average molecular weight is 538 g/mol. The Morgan fingerprint density at radius 3 is 2.33 bits per heavy atom. The van der Waals surface area contributed by atoms with Crippen molar-refractivity contribution in [2.24, 2.45) is 0 Å². The monoisotopic (exact) mass is 537 g/mol. The Balaban J connectivity index is 1.21. The summed E-state index contributed by atoms with van der Waals surface area (Å²) in [5.74, 6) is 2.11. The van der Waals surface area contributed by atoms with E-state index in [4.69, 9.17) is 9.26 Å². The molecule has 2 aliphatic heterocycles. The number of piperazine rings is 1. The van der Waals surface area contributed by atoms with Crippen LogP contribution >= 0.6 is 0 Å². The number of benzene rings is 3. The Hall–Kier alpha value is -4.17. The molecule has 8 nitrogen and oxygen atoms in total. The van der Waals surface area contributed by atoms with E-state index in [-0.39, 0.29) is 5.91 Å². The first-order chi connectivity index (χ1) is 19.4. The van der Waals surface area contributed by atoms with Gasteiger partial charge < -0.3 is 24.0 Å². The van der Waals surface area contributed by atoms with Gasteiger partial charge in [-0.2, -0.15) is 4.98 Å². The number of likely N-dealkylation sites (N-methyl/N-ethyl adjacent to an activating group) is 1. The Bertz CT molecular complexity index is 1540. The molecule has 1 saturated heterocycles. The Morgan fingerprint density at radius 2 is 1.65 bits per heavy atom. The number of nitrogens with zero attached hydrogens (tertiary/aromatic N) is 5. The molecule has 1 fully saturated rings. The van der Waals surface area contributed by atoms with E-state index in [1.165, 1.54) is 16.8 Å². The summed E-state index contributed by atoms with van der Waals surface area (Å²) in [5.41, 5.74) is 8.58. The minimum absolute atomic E-state index is 0.0592. The highest BCUT2D eigenvalue weighted by atomic mass is 16.5. The van der Waals surface area contributed by atoms with Gasteiger partial charge in [0.2, 0.25) is 11.7 Å². The molecule has 0 saturated carbocycles. The van der Waals surface area contributed by atoms with Crippen LogP contribution in [0, 0.1) is 13.8 Å². The van der Waals surface area contributed by atoms with E-state index in [2.05, 4.69) is 58.2 Å². The molecule has 40 heavy (non-hydrogen) atoms. The predicted octanol–water partition coefficient (Wildman–Crippen LogP) is 4.98. The van der Waals surface area contributed by atoms with Gasteiger partial charge in [0.05, 0.1) is 7.11 Å². The zero-order valence-electron chi connectivity index (χ0n) is 23.6. The summed E-state index contributed by atoms with van der Waals surface area (Å²) >= 11 is 0. The standard InChI is InChI=1S/C32H35N5O3/c1-21-19-25(31-33-22(2)40-34-31)9-10-26(21)23-5-7-24(8-6-23)32(38)37-14-13-27-28(20-37)29(11-12-30(27)39-4)36-17-15-35(3)16-18-36/h5-12,19H,13-18,20H2,1-4H3. The third-order valence-electron chi connectivity index (χ3n) is 8.15. The molecule has 3 heterocycles. The molecule has 6 rings (SSSR count). The molecule has 206 valence electrons. The second kappa shape index (κ2) is 10.8. The second-order valence-electron chi connectivity index (χ2n) is 10.8. The van der Waals surface area contributed by atoms with Gasteiger partial charge in [-0.05, 0) is 67.4 Å². The van der Waals surface area contributed by atoms with Gasteiger partial charge in [0.15, 0.2) is 0 Å². The van der Waals surface area contributed by atoms with E-state index in [0.717, 1.165) is 60.6 Å². The van der Waals surface area contributed by atoms with Crippen molar-refractivity contribution in [2.45, 2.75) is 26.8 Å². The number of rotatable bonds is 5. The fraction of sp³-hybridized carbons (Fsp3) is 0.344. The lowest BCUT2D eigenvalue weighted by molar-refractivity contribution is 0.0734. The summed E-state index contributed by atoms with van der Waals surface area (Å²) in [6.07, 6.45) is 0.787. The first kappa shape index (κ1) is 26.1. The van der Waals surface area contributed by atoms with Crippen molar-refractivity contribution in [3.63, 3.8) is 0 Å². The molecule has 0 N–H and O–H groups in total. The van der Waals surface area contributed by atoms with Crippen LogP contribution in [-0.4, -0.2) is 72.7 Å². The molecule has 0 bridgehead atoms. The topological polar surface area (TPSA) is 74.9 Å². The van der Waals surface area contributed by atoms with Crippen molar-refractivity contribution in [2.75, 3.05) is 51.8 Å². The zero-order valence-corrected chi connectivity index (χ0v) is 23.6. The summed E-state index contributed by atoms with van der Waals surface area (Å²) in [6, 6.07) is 18.3. The first-order valence-corrected chi connectivity index (χ1v) is 13.8. The molecule has 1 amide bonds. The number of carbonyl (C=O) groups is 1. The SMILES string of the molecule is COc1ccc(N2CCN(C)CC2)c2c1CCN(C(=O)c1ccc(-c3ccc(-c4noc(C)n4)cc3C)cc1)C2. The lowest BCUT2D eigenvalue weighted by Crippen LogP contribution is -2.45. The molecule has 0 unspecified atom stereocenters. The Labute approximate surface area is 235 Å². The van der Waals surface area contributed by atoms with E-state index in [1.54, 1.807) is 14.0 Å². The highest BCUT2D eigenvalue weighted by molar-refractivity contribution is 5.95. The van der Waals surface area contributed by atoms with Crippen LogP contribution in [0.5, 0.6) is 5.75 Å². The lowest BCUT2D eigenvalue weighted by atomic mass is 9.94. The van der Waals surface area contributed by atoms with Crippen LogP contribution in [0.1, 0.15) is 32.9 Å². The van der Waals surface area contributed by atoms with Gasteiger partial charge in [0, 0.05) is 74.1 Å². The molecule has 4 aromatic rings. The van der Waals surface area contributed by atoms with Crippen LogP contribution in [0.4, 0.5) is 5.69 Å². The number of ether oxygens (including phenoxy) is 1. The number of carbonyl (C=O) groups excluding carboxylic acids is 1. The van der Waals surface area contributed by atoms with Crippen LogP contribution < -0.4 is 9.64 Å². The summed E-state index contributed by atoms with van der Waals surface area (Å²) in [7, 11) is 3.89. The minimum atomic E-state index is 0.0592. The summed E-state index contributed by atoms with van der Waals surface area (Å²) in [4.78, 5) is 24.8. The third kappa shape index (κ3) is 4.95. The second-order valence-corrected chi connectivity index (χ2v) is 10.8. The van der Waals surface area contributed by atoms with Crippen LogP contribution in [0.2, 0.25) is 0 Å². The zero-order chi connectivity index (χ0) is 27.8. The Morgan fingerprint density at radius 1 is 0.900 bits per heavy atom. The van der Waals surface area contributed by atoms with Gasteiger partial charge in [0.1, 0.15) is 5.75 Å². The van der Waals surface area contributed by atoms with Crippen molar-refractivity contribution in [3.8, 4) is 28.3 Å². The molecule has 1 aromatic heterocycles. The summed E-state index contributed by atoms with van der Waals surface area (Å²) < 4.78 is 10.8. The highest BCUT2D eigenvalue weighted by Crippen LogP contribution is 2.36. The molecule has 0 spiro atoms. The molecule has 3 aromatic carbocycles. The average Bonchev–Trinajstić information content (AvgIpc) is 3.42. The highest BCUT2D eigenvalue weighted by Gasteiger charge is 2.28. The summed E-state index contributed by atoms with van der Waals surface area (Å²) in [5, 5.41) is 4.02. The number of hydrogen-bond acceptors (Lipinski definition) is 7. The van der Waals surface area contributed by atoms with E-state index in [1.807, 2.05) is 35.2 Å². The molecular weight excluding hydrogens is 502 g/mol. The van der Waals surface area contributed by atoms with Crippen molar-refractivity contribution in [1.82, 2.24) is 19.9 Å². The normalized spacial score (nSPS) is 15.7. The molecule has 0 radical (unpaired) electrons. The van der Waals surface area contributed by atoms with Crippen molar-refractivity contribution in [1.29, 1.82) is 0 Å². The van der Waals surface area contributed by atoms with Crippen molar-refractivity contribution < 1.29 is 14.1 Å². The number of anilines is 1. The van der Waals surface area contributed by atoms with Gasteiger partial charge >= 0.3 is 0 Å². The quantitative estimate of drug-likeness (QED) is 0.356. The number of hydrogen-bond donors (Lipinski definition) is 0. The maximum atomic E-state index is 13.7. The fourth-order valence-corrected chi connectivity index (χ4v) is 5.85. The van der Waals surface area contributed by atoms with Gasteiger partial charge in [0.25, 0.3) is 5.91 Å². The largest absolute Gasteiger partial charge is 0.496 e. The number of amides is 1. The van der Waals surface area contributed by atoms with Crippen LogP contribution in [0.15, 0.2) is 59.1 Å². The van der Waals surface area contributed by atoms with Crippen LogP contribution in [0.25, 0.3) is 22.5 Å². The third-order valence-corrected chi connectivity index (χ3v) is 8.15. The molecule has 0 atom stereocenters. The predicted molar refractivity (Wildman–Crippen MR) is 156 cm³/mol. The molecule has 8 heteroatoms. The van der Waals surface area contributed by atoms with E-state index in [9.17, 15) is 4.79 Å². The van der Waals surface area contributed by atoms with Gasteiger partial charge in [-0.25, -0.2) is 0 Å². The first-order valence-electron chi connectivity index (χ1n) is 13.8.